The number of hydrogen-bond acceptors (Lipinski definition) is 22. The number of nitrogens with one attached hydrogen (secondary N) is 3. The normalized spacial score (nSPS) is 24.8. The van der Waals surface area contributed by atoms with Crippen molar-refractivity contribution in [2.24, 2.45) is 16.7 Å². The first kappa shape index (κ1) is 70.2. The lowest BCUT2D eigenvalue weighted by atomic mass is 9.44. The highest BCUT2D eigenvalue weighted by Crippen LogP contribution is 2.64. The number of ketones is 1. The molecule has 1 aliphatic heterocycles. The molecule has 25 nitrogen and oxygen atoms in total. The number of halogens is 2. The predicted octanol–water partition coefficient (Wildman–Crippen LogP) is 7.31. The number of benzene rings is 4. The number of hydrogen-bond donors (Lipinski definition) is 6. The summed E-state index contributed by atoms with van der Waals surface area (Å²) in [5.41, 5.74) is -5.94. The average molecular weight is 1440 g/mol. The van der Waals surface area contributed by atoms with Crippen molar-refractivity contribution in [3.63, 3.8) is 0 Å². The fourth-order valence-corrected chi connectivity index (χ4v) is 14.1. The molecule has 3 aliphatic carbocycles. The second kappa shape index (κ2) is 29.3. The van der Waals surface area contributed by atoms with Gasteiger partial charge >= 0.3 is 29.9 Å². The standard InChI is InChI=1S/C47H51NO14.C19H20Br2N6O4S/c1-25-31(60-43(56)36(52)35(28-16-10-7-11-17-28)48-41(54)29-18-12-8-13-19-29)23-47(57)40(61-42(55)30-20-14-9-15-21-30)38-45(6,32(51)22-33-46(38,24-58-33)62-27(3)50)39(53)37(59-26(2)49)34(25)44(47,4)5;1-2-7-26-32(28,29)27-17-16(13-3-5-14(20)6-4-13)18(25-12-24-17)30-8-9-31-19-22-10-15(21)11-23-19/h7-21,31-33,35-38,40,51-52,57H,22-24H2,1-6H3,(H,48,54);3-6,10-12,26H,2,7-9H2,1H3,(H,24,25,27)/t31-,32-,33+,35-,36+,37+,38-,40-,45+,46-,47+;/m0./s1. The van der Waals surface area contributed by atoms with Crippen molar-refractivity contribution in [1.29, 1.82) is 0 Å². The van der Waals surface area contributed by atoms with Crippen molar-refractivity contribution in [3.8, 4) is 23.0 Å². The largest absolute Gasteiger partial charge is 0.473 e. The minimum Gasteiger partial charge on any atom is -0.473 e. The average Bonchev–Trinajstić information content (AvgIpc) is 0.670. The Hall–Kier alpha value is -8.09. The highest BCUT2D eigenvalue weighted by Gasteiger charge is 2.78. The van der Waals surface area contributed by atoms with E-state index < -0.39 is 123 Å². The van der Waals surface area contributed by atoms with Crippen LogP contribution in [0.2, 0.25) is 0 Å². The number of amides is 1. The van der Waals surface area contributed by atoms with Gasteiger partial charge in [0.05, 0.1) is 45.7 Å². The van der Waals surface area contributed by atoms with E-state index in [1.807, 2.05) is 19.1 Å². The molecule has 28 heteroatoms. The monoisotopic (exact) mass is 1440 g/mol. The number of carbonyl (C=O) groups excluding carboxylic acids is 6. The van der Waals surface area contributed by atoms with Crippen LogP contribution in [0.3, 0.4) is 0 Å². The van der Waals surface area contributed by atoms with Gasteiger partial charge in [-0.3, -0.25) is 23.9 Å². The Morgan fingerprint density at radius 1 is 0.787 bits per heavy atom. The fourth-order valence-electron chi connectivity index (χ4n) is 12.7. The third kappa shape index (κ3) is 14.7. The number of aromatic nitrogens is 4. The van der Waals surface area contributed by atoms with Gasteiger partial charge < -0.3 is 53.8 Å². The number of aliphatic hydroxyl groups excluding tert-OH is 2. The zero-order valence-corrected chi connectivity index (χ0v) is 56.2. The Bertz CT molecular complexity index is 3900. The summed E-state index contributed by atoms with van der Waals surface area (Å²) in [7, 11) is -3.82. The van der Waals surface area contributed by atoms with Gasteiger partial charge in [-0.2, -0.15) is 13.1 Å². The lowest BCUT2D eigenvalue weighted by molar-refractivity contribution is -0.346. The summed E-state index contributed by atoms with van der Waals surface area (Å²) in [6.45, 7) is 10.4. The maximum absolute atomic E-state index is 15.5. The van der Waals surface area contributed by atoms with Gasteiger partial charge in [0.1, 0.15) is 43.5 Å². The van der Waals surface area contributed by atoms with E-state index >= 15 is 4.79 Å². The van der Waals surface area contributed by atoms with E-state index in [9.17, 15) is 47.7 Å². The van der Waals surface area contributed by atoms with Gasteiger partial charge in [0.15, 0.2) is 29.4 Å². The van der Waals surface area contributed by atoms with Gasteiger partial charge in [-0.1, -0.05) is 116 Å². The molecule has 10 rings (SSSR count). The van der Waals surface area contributed by atoms with Crippen LogP contribution in [-0.4, -0.2) is 153 Å². The molecule has 3 heterocycles. The summed E-state index contributed by atoms with van der Waals surface area (Å²) in [5, 5.41) is 40.2. The van der Waals surface area contributed by atoms with Crippen molar-refractivity contribution in [3.05, 3.63) is 171 Å². The maximum Gasteiger partial charge on any atom is 0.338 e. The number of Topliss-reactive ketones (excluding diaryl/α,β-unsaturated/α-hetero) is 1. The van der Waals surface area contributed by atoms with E-state index in [0.717, 1.165) is 22.8 Å². The smallest absolute Gasteiger partial charge is 0.338 e. The van der Waals surface area contributed by atoms with Crippen molar-refractivity contribution < 1.29 is 85.7 Å². The highest BCUT2D eigenvalue weighted by molar-refractivity contribution is 9.10. The van der Waals surface area contributed by atoms with Gasteiger partial charge in [-0.05, 0) is 94.9 Å². The first-order valence-electron chi connectivity index (χ1n) is 30.0. The second-order valence-corrected chi connectivity index (χ2v) is 27.0. The topological polar surface area (TPSA) is 350 Å². The van der Waals surface area contributed by atoms with Crippen molar-refractivity contribution in [2.45, 2.75) is 122 Å². The summed E-state index contributed by atoms with van der Waals surface area (Å²) in [5.74, 6) is -6.54. The number of rotatable bonds is 21. The van der Waals surface area contributed by atoms with Crippen LogP contribution in [0.1, 0.15) is 100 Å². The SMILES string of the molecule is CC(=O)O[C@H]1C(=O)[C@@]2(C)[C@H]([C@H](OC(=O)c3ccccc3)[C@]3(O)C[C@H](OC(=O)[C@H](O)[C@@H](NC(=O)c4ccccc4)c4ccccc4)C(C)=C1C3(C)C)[C@]1(OC(C)=O)CO[C@@H]1C[C@@H]2O.CCCNS(=O)(=O)Nc1ncnc(OCCOc2ncc(Br)cn2)c1-c1ccc(Br)cc1. The van der Waals surface area contributed by atoms with Crippen LogP contribution in [0.5, 0.6) is 11.9 Å². The summed E-state index contributed by atoms with van der Waals surface area (Å²) in [6, 6.07) is 30.4. The second-order valence-electron chi connectivity index (χ2n) is 23.6. The summed E-state index contributed by atoms with van der Waals surface area (Å²) in [4.78, 5) is 99.8. The van der Waals surface area contributed by atoms with Crippen LogP contribution in [0.25, 0.3) is 11.1 Å². The van der Waals surface area contributed by atoms with Gasteiger partial charge in [-0.15, -0.1) is 0 Å². The first-order valence-corrected chi connectivity index (χ1v) is 33.0. The van der Waals surface area contributed by atoms with Crippen LogP contribution in [-0.2, 0) is 53.1 Å². The quantitative estimate of drug-likeness (QED) is 0.0178. The Labute approximate surface area is 559 Å². The van der Waals surface area contributed by atoms with E-state index in [-0.39, 0.29) is 66.2 Å². The molecule has 0 radical (unpaired) electrons. The third-order valence-electron chi connectivity index (χ3n) is 17.3. The van der Waals surface area contributed by atoms with Gasteiger partial charge in [0.25, 0.3) is 16.1 Å². The molecule has 1 saturated heterocycles. The minimum atomic E-state index is -3.82. The Morgan fingerprint density at radius 2 is 1.40 bits per heavy atom. The van der Waals surface area contributed by atoms with Crippen LogP contribution < -0.4 is 24.2 Å². The van der Waals surface area contributed by atoms with E-state index in [4.69, 9.17) is 33.2 Å². The van der Waals surface area contributed by atoms with E-state index in [0.29, 0.717) is 29.7 Å². The van der Waals surface area contributed by atoms with Crippen LogP contribution in [0.4, 0.5) is 5.82 Å². The van der Waals surface area contributed by atoms with Gasteiger partial charge in [0, 0.05) is 61.1 Å². The molecule has 3 fully saturated rings. The van der Waals surface area contributed by atoms with Crippen molar-refractivity contribution >= 4 is 83.5 Å². The molecule has 4 aromatic carbocycles. The Morgan fingerprint density at radius 3 is 2.00 bits per heavy atom. The fraction of sp³-hybridized carbons (Fsp3) is 0.394. The van der Waals surface area contributed by atoms with Gasteiger partial charge in [0.2, 0.25) is 5.88 Å². The molecular weight excluding hydrogens is 1370 g/mol. The van der Waals surface area contributed by atoms with Crippen LogP contribution in [0, 0.1) is 16.7 Å². The number of esters is 4. The molecule has 6 N–H and O–H groups in total. The molecule has 0 unspecified atom stereocenters. The molecule has 2 bridgehead atoms. The molecule has 6 aromatic rings. The molecule has 11 atom stereocenters. The summed E-state index contributed by atoms with van der Waals surface area (Å²) in [6.07, 6.45) is -5.48. The van der Waals surface area contributed by atoms with E-state index in [2.05, 4.69) is 66.6 Å². The predicted molar refractivity (Wildman–Crippen MR) is 344 cm³/mol. The zero-order chi connectivity index (χ0) is 67.9. The highest BCUT2D eigenvalue weighted by atomic mass is 79.9. The minimum absolute atomic E-state index is 0.00289. The Kier molecular flexibility index (Phi) is 21.9. The molecule has 2 saturated carbocycles. The number of ether oxygens (including phenoxy) is 7. The molecule has 4 aliphatic rings. The first-order chi connectivity index (χ1) is 44.6. The lowest BCUT2D eigenvalue weighted by Gasteiger charge is -2.67. The van der Waals surface area contributed by atoms with E-state index in [1.165, 1.54) is 32.3 Å². The maximum atomic E-state index is 15.5. The number of anilines is 1. The summed E-state index contributed by atoms with van der Waals surface area (Å²) >= 11 is 6.65. The van der Waals surface area contributed by atoms with Crippen molar-refractivity contribution in [1.82, 2.24) is 30.0 Å². The molecule has 1 amide bonds. The Balaban J connectivity index is 0.000000273. The molecule has 2 aromatic heterocycles. The number of aliphatic hydroxyl groups is 3. The number of fused-ring (bicyclic) bond motifs is 5. The van der Waals surface area contributed by atoms with Crippen molar-refractivity contribution in [2.75, 3.05) is 31.1 Å². The van der Waals surface area contributed by atoms with Gasteiger partial charge in [-0.25, -0.2) is 29.5 Å². The summed E-state index contributed by atoms with van der Waals surface area (Å²) < 4.78 is 72.8. The molecular formula is C66H71Br2N7O18S. The van der Waals surface area contributed by atoms with Crippen LogP contribution in [0.15, 0.2) is 154 Å². The molecule has 0 spiro atoms. The third-order valence-corrected chi connectivity index (χ3v) is 19.3. The number of nitrogens with zero attached hydrogens (tertiary/aromatic N) is 4. The zero-order valence-electron chi connectivity index (χ0n) is 52.2. The van der Waals surface area contributed by atoms with Crippen LogP contribution >= 0.6 is 31.9 Å². The molecule has 94 heavy (non-hydrogen) atoms. The van der Waals surface area contributed by atoms with E-state index in [1.54, 1.807) is 117 Å². The number of carbonyl (C=O) groups is 6. The lowest BCUT2D eigenvalue weighted by Crippen LogP contribution is -2.82. The molecule has 498 valence electrons.